The molecule has 2 aliphatic heterocycles. The summed E-state index contributed by atoms with van der Waals surface area (Å²) in [5.41, 5.74) is 6.28. The number of carbonyl (C=O) groups excluding carboxylic acids is 3. The maximum Gasteiger partial charge on any atom is 0.404 e. The van der Waals surface area contributed by atoms with Gasteiger partial charge in [0, 0.05) is 59.7 Å². The Morgan fingerprint density at radius 2 is 1.86 bits per heavy atom. The van der Waals surface area contributed by atoms with Gasteiger partial charge in [-0.25, -0.2) is 4.79 Å². The number of amides is 3. The van der Waals surface area contributed by atoms with Crippen LogP contribution in [0.25, 0.3) is 0 Å². The number of rotatable bonds is 7. The Morgan fingerprint density at radius 3 is 2.50 bits per heavy atom. The molecule has 0 radical (unpaired) electrons. The average Bonchev–Trinajstić information content (AvgIpc) is 3.07. The van der Waals surface area contributed by atoms with E-state index in [1.807, 2.05) is 43.0 Å². The lowest BCUT2D eigenvalue weighted by atomic mass is 9.82. The summed E-state index contributed by atoms with van der Waals surface area (Å²) in [6, 6.07) is 12.6. The molecule has 192 valence electrons. The second kappa shape index (κ2) is 10.7. The fourth-order valence-electron chi connectivity index (χ4n) is 5.22. The summed E-state index contributed by atoms with van der Waals surface area (Å²) in [5.74, 6) is -0.309. The molecule has 0 bridgehead atoms. The van der Waals surface area contributed by atoms with Gasteiger partial charge in [-0.2, -0.15) is 0 Å². The zero-order valence-electron chi connectivity index (χ0n) is 20.3. The van der Waals surface area contributed by atoms with Crippen LogP contribution in [0.15, 0.2) is 42.5 Å². The van der Waals surface area contributed by atoms with E-state index in [0.29, 0.717) is 48.1 Å². The normalized spacial score (nSPS) is 19.9. The number of anilines is 1. The predicted molar refractivity (Wildman–Crippen MR) is 139 cm³/mol. The smallest absolute Gasteiger partial charge is 0.404 e. The molecule has 0 saturated carbocycles. The van der Waals surface area contributed by atoms with E-state index in [1.54, 1.807) is 23.1 Å². The summed E-state index contributed by atoms with van der Waals surface area (Å²) in [7, 11) is 0. The third-order valence-electron chi connectivity index (χ3n) is 6.90. The lowest BCUT2D eigenvalue weighted by Gasteiger charge is -2.43. The highest BCUT2D eigenvalue weighted by atomic mass is 35.5. The summed E-state index contributed by atoms with van der Waals surface area (Å²) >= 11 is 12.5. The van der Waals surface area contributed by atoms with Crippen molar-refractivity contribution in [2.24, 2.45) is 5.73 Å². The van der Waals surface area contributed by atoms with Crippen molar-refractivity contribution in [3.63, 3.8) is 0 Å². The monoisotopic (exact) mass is 532 g/mol. The van der Waals surface area contributed by atoms with Crippen LogP contribution in [-0.2, 0) is 26.3 Å². The maximum atomic E-state index is 13.8. The molecule has 1 fully saturated rings. The van der Waals surface area contributed by atoms with Crippen LogP contribution in [0.4, 0.5) is 10.5 Å². The van der Waals surface area contributed by atoms with Crippen LogP contribution >= 0.6 is 23.2 Å². The molecule has 2 aromatic rings. The Labute approximate surface area is 220 Å². The summed E-state index contributed by atoms with van der Waals surface area (Å²) in [4.78, 5) is 42.1. The Hall–Kier alpha value is -2.81. The lowest BCUT2D eigenvalue weighted by molar-refractivity contribution is -0.140. The molecule has 0 spiro atoms. The molecule has 10 heteroatoms. The van der Waals surface area contributed by atoms with E-state index in [2.05, 4.69) is 5.32 Å². The number of primary amides is 1. The fraction of sp³-hybridized carbons (Fsp3) is 0.423. The van der Waals surface area contributed by atoms with Crippen molar-refractivity contribution >= 4 is 46.8 Å². The van der Waals surface area contributed by atoms with Crippen LogP contribution in [-0.4, -0.2) is 59.5 Å². The predicted octanol–water partition coefficient (Wildman–Crippen LogP) is 4.18. The van der Waals surface area contributed by atoms with Gasteiger partial charge in [0.15, 0.2) is 0 Å². The van der Waals surface area contributed by atoms with Crippen molar-refractivity contribution in [3.8, 4) is 0 Å². The highest BCUT2D eigenvalue weighted by Crippen LogP contribution is 2.45. The first kappa shape index (κ1) is 26.3. The number of nitrogens with one attached hydrogen (secondary N) is 1. The number of fused-ring (bicyclic) bond motifs is 1. The molecule has 2 aliphatic rings. The van der Waals surface area contributed by atoms with Crippen LogP contribution in [0, 0.1) is 0 Å². The number of nitrogens with two attached hydrogens (primary N) is 1. The molecule has 4 rings (SSSR count). The van der Waals surface area contributed by atoms with Gasteiger partial charge in [-0.15, -0.1) is 0 Å². The van der Waals surface area contributed by atoms with Gasteiger partial charge in [-0.3, -0.25) is 14.5 Å². The minimum absolute atomic E-state index is 0.0368. The van der Waals surface area contributed by atoms with Gasteiger partial charge in [-0.1, -0.05) is 41.4 Å². The zero-order chi connectivity index (χ0) is 26.0. The van der Waals surface area contributed by atoms with Crippen molar-refractivity contribution in [3.05, 3.63) is 63.6 Å². The standard InChI is InChI=1S/C26H30Cl2N4O4/c1-16(2)32(15-23(33)31-10-8-20(9-11-31)36-25(29)35)26(14-17-4-3-5-18(27)12-17)21-7-6-19(28)13-22(21)30-24(26)34/h3-7,12-13,16,20H,8-11,14-15H2,1-2H3,(H2,29,35)(H,30,34). The SMILES string of the molecule is CC(C)N(CC(=O)N1CCC(OC(N)=O)CC1)C1(Cc2cccc(Cl)c2)C(=O)Nc2cc(Cl)ccc21. The fourth-order valence-corrected chi connectivity index (χ4v) is 5.61. The quantitative estimate of drug-likeness (QED) is 0.556. The Balaban J connectivity index is 1.67. The van der Waals surface area contributed by atoms with Crippen LogP contribution in [0.3, 0.4) is 0 Å². The first-order valence-electron chi connectivity index (χ1n) is 12.0. The van der Waals surface area contributed by atoms with Gasteiger partial charge in [0.1, 0.15) is 11.6 Å². The molecule has 1 unspecified atom stereocenters. The molecular formula is C26H30Cl2N4O4. The van der Waals surface area contributed by atoms with Crippen molar-refractivity contribution in [2.45, 2.75) is 50.8 Å². The number of carbonyl (C=O) groups is 3. The van der Waals surface area contributed by atoms with E-state index >= 15 is 0 Å². The van der Waals surface area contributed by atoms with E-state index in [1.165, 1.54) is 0 Å². The van der Waals surface area contributed by atoms with Gasteiger partial charge in [0.05, 0.1) is 6.54 Å². The van der Waals surface area contributed by atoms with E-state index in [-0.39, 0.29) is 30.5 Å². The van der Waals surface area contributed by atoms with Gasteiger partial charge in [0.25, 0.3) is 0 Å². The molecule has 1 saturated heterocycles. The highest BCUT2D eigenvalue weighted by molar-refractivity contribution is 6.31. The van der Waals surface area contributed by atoms with Crippen LogP contribution in [0.2, 0.25) is 10.0 Å². The molecule has 2 heterocycles. The second-order valence-corrected chi connectivity index (χ2v) is 10.4. The maximum absolute atomic E-state index is 13.8. The molecule has 3 amide bonds. The third kappa shape index (κ3) is 5.31. The van der Waals surface area contributed by atoms with Gasteiger partial charge < -0.3 is 20.7 Å². The highest BCUT2D eigenvalue weighted by Gasteiger charge is 2.52. The van der Waals surface area contributed by atoms with Crippen LogP contribution in [0.1, 0.15) is 37.8 Å². The number of nitrogens with zero attached hydrogens (tertiary/aromatic N) is 2. The molecule has 1 atom stereocenters. The van der Waals surface area contributed by atoms with Crippen LogP contribution < -0.4 is 11.1 Å². The summed E-state index contributed by atoms with van der Waals surface area (Å²) in [6.45, 7) is 4.88. The summed E-state index contributed by atoms with van der Waals surface area (Å²) < 4.78 is 5.09. The first-order chi connectivity index (χ1) is 17.1. The number of hydrogen-bond donors (Lipinski definition) is 2. The van der Waals surface area contributed by atoms with Gasteiger partial charge >= 0.3 is 6.09 Å². The lowest BCUT2D eigenvalue weighted by Crippen LogP contribution is -2.58. The van der Waals surface area contributed by atoms with E-state index in [4.69, 9.17) is 33.7 Å². The Bertz CT molecular complexity index is 1170. The number of halogens is 2. The number of piperidine rings is 1. The van der Waals surface area contributed by atoms with Crippen LogP contribution in [0.5, 0.6) is 0 Å². The molecular weight excluding hydrogens is 503 g/mol. The van der Waals surface area contributed by atoms with E-state index < -0.39 is 11.6 Å². The molecule has 36 heavy (non-hydrogen) atoms. The van der Waals surface area contributed by atoms with Crippen molar-refractivity contribution < 1.29 is 19.1 Å². The minimum atomic E-state index is -1.14. The number of ether oxygens (including phenoxy) is 1. The second-order valence-electron chi connectivity index (χ2n) is 9.55. The van der Waals surface area contributed by atoms with E-state index in [9.17, 15) is 14.4 Å². The first-order valence-corrected chi connectivity index (χ1v) is 12.7. The number of hydrogen-bond acceptors (Lipinski definition) is 5. The summed E-state index contributed by atoms with van der Waals surface area (Å²) in [5, 5.41) is 4.08. The molecule has 2 aromatic carbocycles. The molecule has 0 aromatic heterocycles. The van der Waals surface area contributed by atoms with Crippen molar-refractivity contribution in [2.75, 3.05) is 25.0 Å². The molecule has 0 aliphatic carbocycles. The minimum Gasteiger partial charge on any atom is -0.446 e. The van der Waals surface area contributed by atoms with Crippen molar-refractivity contribution in [1.29, 1.82) is 0 Å². The average molecular weight is 533 g/mol. The molecule has 8 nitrogen and oxygen atoms in total. The van der Waals surface area contributed by atoms with Gasteiger partial charge in [-0.05, 0) is 43.7 Å². The third-order valence-corrected chi connectivity index (χ3v) is 7.37. The Kier molecular flexibility index (Phi) is 7.78. The van der Waals surface area contributed by atoms with E-state index in [0.717, 1.165) is 11.1 Å². The number of benzene rings is 2. The van der Waals surface area contributed by atoms with Crippen molar-refractivity contribution in [1.82, 2.24) is 9.80 Å². The Morgan fingerprint density at radius 1 is 1.17 bits per heavy atom. The summed E-state index contributed by atoms with van der Waals surface area (Å²) in [6.07, 6.45) is 0.268. The largest absolute Gasteiger partial charge is 0.446 e. The topological polar surface area (TPSA) is 105 Å². The number of likely N-dealkylation sites (tertiary alicyclic amines) is 1. The zero-order valence-corrected chi connectivity index (χ0v) is 21.8. The van der Waals surface area contributed by atoms with Gasteiger partial charge in [0.2, 0.25) is 11.8 Å². The molecule has 3 N–H and O–H groups in total.